The van der Waals surface area contributed by atoms with Gasteiger partial charge >= 0.3 is 0 Å². The second-order valence-corrected chi connectivity index (χ2v) is 5.06. The number of carbonyl (C=O) groups excluding carboxylic acids is 2. The van der Waals surface area contributed by atoms with Crippen molar-refractivity contribution in [3.05, 3.63) is 23.7 Å². The molecule has 0 atom stereocenters. The minimum Gasteiger partial charge on any atom is -0.356 e. The topological polar surface area (TPSA) is 71.1 Å². The molecule has 2 amide bonds. The Morgan fingerprint density at radius 1 is 1.37 bits per heavy atom. The van der Waals surface area contributed by atoms with Crippen molar-refractivity contribution in [3.8, 4) is 0 Å². The van der Waals surface area contributed by atoms with Gasteiger partial charge in [0.05, 0.1) is 15.7 Å². The van der Waals surface area contributed by atoms with Gasteiger partial charge in [0, 0.05) is 25.6 Å². The van der Waals surface area contributed by atoms with Gasteiger partial charge in [-0.15, -0.1) is 11.3 Å². The number of nitrogens with one attached hydrogen (secondary N) is 2. The van der Waals surface area contributed by atoms with Gasteiger partial charge < -0.3 is 10.6 Å². The Bertz CT molecular complexity index is 594. The first kappa shape index (κ1) is 13.5. The van der Waals surface area contributed by atoms with Crippen molar-refractivity contribution in [2.45, 2.75) is 19.8 Å². The van der Waals surface area contributed by atoms with Gasteiger partial charge in [-0.05, 0) is 24.6 Å². The molecule has 0 aliphatic heterocycles. The molecule has 0 radical (unpaired) electrons. The van der Waals surface area contributed by atoms with Crippen LogP contribution in [0.15, 0.2) is 23.7 Å². The van der Waals surface area contributed by atoms with Crippen molar-refractivity contribution in [1.29, 1.82) is 0 Å². The van der Waals surface area contributed by atoms with Crippen LogP contribution in [-0.4, -0.2) is 23.3 Å². The number of carbonyl (C=O) groups is 2. The lowest BCUT2D eigenvalue weighted by molar-refractivity contribution is -0.119. The third-order valence-corrected chi connectivity index (χ3v) is 3.38. The first-order chi connectivity index (χ1) is 9.15. The maximum absolute atomic E-state index is 11.7. The fraction of sp³-hybridized carbons (Fsp3) is 0.308. The van der Waals surface area contributed by atoms with Gasteiger partial charge in [0.1, 0.15) is 0 Å². The number of anilines is 1. The van der Waals surface area contributed by atoms with E-state index in [9.17, 15) is 9.59 Å². The number of aromatic nitrogens is 1. The smallest absolute Gasteiger partial charge is 0.224 e. The zero-order valence-corrected chi connectivity index (χ0v) is 11.4. The Morgan fingerprint density at radius 3 is 3.00 bits per heavy atom. The number of benzene rings is 1. The quantitative estimate of drug-likeness (QED) is 0.823. The maximum Gasteiger partial charge on any atom is 0.224 e. The van der Waals surface area contributed by atoms with Gasteiger partial charge in [0.15, 0.2) is 0 Å². The summed E-state index contributed by atoms with van der Waals surface area (Å²) in [6, 6.07) is 5.67. The molecule has 1 aromatic heterocycles. The van der Waals surface area contributed by atoms with E-state index in [-0.39, 0.29) is 11.8 Å². The number of fused-ring (bicyclic) bond motifs is 1. The van der Waals surface area contributed by atoms with Crippen molar-refractivity contribution in [2.24, 2.45) is 0 Å². The average molecular weight is 277 g/mol. The summed E-state index contributed by atoms with van der Waals surface area (Å²) in [4.78, 5) is 26.6. The third kappa shape index (κ3) is 4.03. The van der Waals surface area contributed by atoms with Gasteiger partial charge in [-0.2, -0.15) is 0 Å². The van der Waals surface area contributed by atoms with E-state index in [4.69, 9.17) is 0 Å². The highest BCUT2D eigenvalue weighted by atomic mass is 32.1. The maximum atomic E-state index is 11.7. The molecule has 1 aromatic carbocycles. The minimum absolute atomic E-state index is 0.0556. The Morgan fingerprint density at radius 2 is 2.21 bits per heavy atom. The summed E-state index contributed by atoms with van der Waals surface area (Å²) < 4.78 is 1.10. The molecule has 0 bridgehead atoms. The van der Waals surface area contributed by atoms with E-state index in [0.717, 1.165) is 15.9 Å². The van der Waals surface area contributed by atoms with Crippen molar-refractivity contribution < 1.29 is 9.59 Å². The Balaban J connectivity index is 1.82. The molecule has 5 nitrogen and oxygen atoms in total. The molecule has 0 unspecified atom stereocenters. The molecule has 0 saturated carbocycles. The fourth-order valence-corrected chi connectivity index (χ4v) is 2.33. The second kappa shape index (κ2) is 6.29. The number of hydrogen-bond donors (Lipinski definition) is 2. The van der Waals surface area contributed by atoms with Crippen LogP contribution >= 0.6 is 11.3 Å². The fourth-order valence-electron chi connectivity index (χ4n) is 1.67. The van der Waals surface area contributed by atoms with E-state index < -0.39 is 0 Å². The molecular formula is C13H15N3O2S. The van der Waals surface area contributed by atoms with E-state index in [1.165, 1.54) is 6.92 Å². The average Bonchev–Trinajstić information content (AvgIpc) is 2.82. The van der Waals surface area contributed by atoms with Gasteiger partial charge in [-0.25, -0.2) is 4.98 Å². The summed E-state index contributed by atoms with van der Waals surface area (Å²) >= 11 is 1.57. The second-order valence-electron chi connectivity index (χ2n) is 4.17. The Labute approximate surface area is 115 Å². The lowest BCUT2D eigenvalue weighted by Crippen LogP contribution is -2.22. The van der Waals surface area contributed by atoms with Crippen LogP contribution in [0.1, 0.15) is 19.8 Å². The van der Waals surface area contributed by atoms with Crippen LogP contribution in [-0.2, 0) is 9.59 Å². The standard InChI is InChI=1S/C13H15N3O2S/c1-9(17)14-6-2-3-13(18)16-10-4-5-12-11(7-10)15-8-19-12/h4-5,7-8H,2-3,6H2,1H3,(H,14,17)(H,16,18). The van der Waals surface area contributed by atoms with Crippen LogP contribution in [0.5, 0.6) is 0 Å². The summed E-state index contributed by atoms with van der Waals surface area (Å²) in [7, 11) is 0. The predicted octanol–water partition coefficient (Wildman–Crippen LogP) is 2.15. The van der Waals surface area contributed by atoms with Crippen molar-refractivity contribution in [2.75, 3.05) is 11.9 Å². The molecule has 100 valence electrons. The van der Waals surface area contributed by atoms with Gasteiger partial charge in [-0.1, -0.05) is 0 Å². The molecule has 19 heavy (non-hydrogen) atoms. The largest absolute Gasteiger partial charge is 0.356 e. The number of thiazole rings is 1. The lowest BCUT2D eigenvalue weighted by Gasteiger charge is -2.05. The zero-order chi connectivity index (χ0) is 13.7. The summed E-state index contributed by atoms with van der Waals surface area (Å²) in [6.07, 6.45) is 1.01. The normalized spacial score (nSPS) is 10.4. The first-order valence-corrected chi connectivity index (χ1v) is 6.90. The predicted molar refractivity (Wildman–Crippen MR) is 76.2 cm³/mol. The molecule has 0 fully saturated rings. The van der Waals surface area contributed by atoms with E-state index in [1.807, 2.05) is 18.2 Å². The molecular weight excluding hydrogens is 262 g/mol. The number of amides is 2. The monoisotopic (exact) mass is 277 g/mol. The Hall–Kier alpha value is -1.95. The summed E-state index contributed by atoms with van der Waals surface area (Å²) in [5.74, 6) is -0.130. The summed E-state index contributed by atoms with van der Waals surface area (Å²) in [6.45, 7) is 1.98. The van der Waals surface area contributed by atoms with Gasteiger partial charge in [-0.3, -0.25) is 9.59 Å². The highest BCUT2D eigenvalue weighted by molar-refractivity contribution is 7.16. The highest BCUT2D eigenvalue weighted by Gasteiger charge is 2.04. The summed E-state index contributed by atoms with van der Waals surface area (Å²) in [5.41, 5.74) is 3.42. The van der Waals surface area contributed by atoms with Crippen LogP contribution in [0.2, 0.25) is 0 Å². The number of nitrogens with zero attached hydrogens (tertiary/aromatic N) is 1. The molecule has 2 N–H and O–H groups in total. The van der Waals surface area contributed by atoms with Crippen LogP contribution in [0.25, 0.3) is 10.2 Å². The molecule has 0 saturated heterocycles. The van der Waals surface area contributed by atoms with Gasteiger partial charge in [0.25, 0.3) is 0 Å². The van der Waals surface area contributed by atoms with E-state index >= 15 is 0 Å². The third-order valence-electron chi connectivity index (χ3n) is 2.57. The molecule has 1 heterocycles. The molecule has 6 heteroatoms. The van der Waals surface area contributed by atoms with Crippen molar-refractivity contribution in [1.82, 2.24) is 10.3 Å². The molecule has 2 rings (SSSR count). The molecule has 0 spiro atoms. The molecule has 0 aliphatic carbocycles. The first-order valence-electron chi connectivity index (χ1n) is 6.03. The molecule has 2 aromatic rings. The minimum atomic E-state index is -0.0746. The van der Waals surface area contributed by atoms with Crippen molar-refractivity contribution >= 4 is 39.1 Å². The number of rotatable bonds is 5. The SMILES string of the molecule is CC(=O)NCCCC(=O)Nc1ccc2scnc2c1. The Kier molecular flexibility index (Phi) is 4.46. The highest BCUT2D eigenvalue weighted by Crippen LogP contribution is 2.21. The van der Waals surface area contributed by atoms with Crippen LogP contribution in [0.3, 0.4) is 0 Å². The van der Waals surface area contributed by atoms with Crippen molar-refractivity contribution in [3.63, 3.8) is 0 Å². The lowest BCUT2D eigenvalue weighted by atomic mass is 10.2. The zero-order valence-electron chi connectivity index (χ0n) is 10.6. The van der Waals surface area contributed by atoms with E-state index in [0.29, 0.717) is 19.4 Å². The van der Waals surface area contributed by atoms with E-state index in [1.54, 1.807) is 16.8 Å². The van der Waals surface area contributed by atoms with Gasteiger partial charge in [0.2, 0.25) is 11.8 Å². The van der Waals surface area contributed by atoms with Crippen LogP contribution in [0.4, 0.5) is 5.69 Å². The summed E-state index contributed by atoms with van der Waals surface area (Å²) in [5, 5.41) is 5.48. The van der Waals surface area contributed by atoms with E-state index in [2.05, 4.69) is 15.6 Å². The number of hydrogen-bond acceptors (Lipinski definition) is 4. The molecule has 0 aliphatic rings. The van der Waals surface area contributed by atoms with Crippen LogP contribution in [0, 0.1) is 0 Å². The van der Waals surface area contributed by atoms with Crippen LogP contribution < -0.4 is 10.6 Å².